The van der Waals surface area contributed by atoms with Gasteiger partial charge in [0.15, 0.2) is 5.96 Å². The molecule has 3 N–H and O–H groups in total. The number of nitrogens with one attached hydrogen (secondary N) is 1. The van der Waals surface area contributed by atoms with E-state index < -0.39 is 0 Å². The van der Waals surface area contributed by atoms with Crippen LogP contribution in [0.4, 0.5) is 0 Å². The van der Waals surface area contributed by atoms with Gasteiger partial charge in [0, 0.05) is 39.3 Å². The summed E-state index contributed by atoms with van der Waals surface area (Å²) in [5, 5.41) is 3.81. The number of piperidine rings is 1. The standard InChI is InChI=1S/C15H22ClN5O/c1-18-15(20-9-12-4-5-13(16)19-8-12)21-6-2-3-11(10-21)7-14(17)22/h4-5,8,11H,2-3,6-7,9-10H2,1H3,(H2,17,22)(H,18,20). The molecule has 22 heavy (non-hydrogen) atoms. The number of carbonyl (C=O) groups is 1. The average molecular weight is 324 g/mol. The first-order chi connectivity index (χ1) is 10.6. The topological polar surface area (TPSA) is 83.6 Å². The molecule has 1 aliphatic heterocycles. The van der Waals surface area contributed by atoms with Crippen molar-refractivity contribution in [1.82, 2.24) is 15.2 Å². The van der Waals surface area contributed by atoms with Crippen molar-refractivity contribution < 1.29 is 4.79 Å². The second-order valence-electron chi connectivity index (χ2n) is 5.51. The molecule has 1 aliphatic rings. The Morgan fingerprint density at radius 3 is 3.05 bits per heavy atom. The lowest BCUT2D eigenvalue weighted by atomic mass is 9.95. The first kappa shape index (κ1) is 16.5. The summed E-state index contributed by atoms with van der Waals surface area (Å²) in [5.41, 5.74) is 6.34. The Morgan fingerprint density at radius 2 is 2.41 bits per heavy atom. The molecule has 1 aromatic heterocycles. The van der Waals surface area contributed by atoms with Crippen molar-refractivity contribution in [3.8, 4) is 0 Å². The number of aliphatic imine (C=N–C) groups is 1. The smallest absolute Gasteiger partial charge is 0.217 e. The number of pyridine rings is 1. The Labute approximate surface area is 135 Å². The molecule has 2 heterocycles. The van der Waals surface area contributed by atoms with Crippen LogP contribution in [0.25, 0.3) is 0 Å². The van der Waals surface area contributed by atoms with E-state index in [-0.39, 0.29) is 5.91 Å². The Kier molecular flexibility index (Phi) is 6.00. The first-order valence-electron chi connectivity index (χ1n) is 7.43. The van der Waals surface area contributed by atoms with Crippen LogP contribution >= 0.6 is 11.6 Å². The molecule has 0 radical (unpaired) electrons. The number of nitrogens with zero attached hydrogens (tertiary/aromatic N) is 3. The van der Waals surface area contributed by atoms with Gasteiger partial charge in [-0.1, -0.05) is 17.7 Å². The van der Waals surface area contributed by atoms with Crippen molar-refractivity contribution in [1.29, 1.82) is 0 Å². The molecular weight excluding hydrogens is 302 g/mol. The highest BCUT2D eigenvalue weighted by Crippen LogP contribution is 2.19. The van der Waals surface area contributed by atoms with E-state index >= 15 is 0 Å². The number of nitrogens with two attached hydrogens (primary N) is 1. The summed E-state index contributed by atoms with van der Waals surface area (Å²) in [7, 11) is 1.76. The van der Waals surface area contributed by atoms with Crippen LogP contribution in [0.2, 0.25) is 5.15 Å². The molecule has 120 valence electrons. The second-order valence-corrected chi connectivity index (χ2v) is 5.90. The number of carbonyl (C=O) groups excluding carboxylic acids is 1. The fraction of sp³-hybridized carbons (Fsp3) is 0.533. The maximum Gasteiger partial charge on any atom is 0.217 e. The van der Waals surface area contributed by atoms with E-state index in [1.165, 1.54) is 0 Å². The maximum absolute atomic E-state index is 11.1. The summed E-state index contributed by atoms with van der Waals surface area (Å²) in [6, 6.07) is 3.70. The van der Waals surface area contributed by atoms with Gasteiger partial charge in [-0.05, 0) is 30.4 Å². The van der Waals surface area contributed by atoms with Crippen LogP contribution < -0.4 is 11.1 Å². The lowest BCUT2D eigenvalue weighted by molar-refractivity contribution is -0.119. The molecular formula is C15H22ClN5O. The van der Waals surface area contributed by atoms with Crippen molar-refractivity contribution in [3.63, 3.8) is 0 Å². The van der Waals surface area contributed by atoms with Crippen molar-refractivity contribution in [3.05, 3.63) is 29.0 Å². The van der Waals surface area contributed by atoms with Gasteiger partial charge in [-0.2, -0.15) is 0 Å². The minimum Gasteiger partial charge on any atom is -0.370 e. The number of likely N-dealkylation sites (tertiary alicyclic amines) is 1. The van der Waals surface area contributed by atoms with E-state index in [1.807, 2.05) is 6.07 Å². The van der Waals surface area contributed by atoms with Gasteiger partial charge in [0.05, 0.1) is 0 Å². The van der Waals surface area contributed by atoms with E-state index in [0.717, 1.165) is 37.5 Å². The maximum atomic E-state index is 11.1. The first-order valence-corrected chi connectivity index (χ1v) is 7.80. The third-order valence-corrected chi connectivity index (χ3v) is 3.98. The predicted molar refractivity (Wildman–Crippen MR) is 87.6 cm³/mol. The summed E-state index contributed by atoms with van der Waals surface area (Å²) in [4.78, 5) is 21.7. The predicted octanol–water partition coefficient (Wildman–Crippen LogP) is 1.40. The third-order valence-electron chi connectivity index (χ3n) is 3.76. The highest BCUT2D eigenvalue weighted by molar-refractivity contribution is 6.29. The van der Waals surface area contributed by atoms with Crippen LogP contribution in [-0.4, -0.2) is 41.9 Å². The number of rotatable bonds is 4. The molecule has 0 aliphatic carbocycles. The number of hydrogen-bond donors (Lipinski definition) is 2. The van der Waals surface area contributed by atoms with Gasteiger partial charge in [-0.15, -0.1) is 0 Å². The highest BCUT2D eigenvalue weighted by Gasteiger charge is 2.23. The number of amides is 1. The molecule has 0 aromatic carbocycles. The molecule has 1 atom stereocenters. The third kappa shape index (κ3) is 4.87. The van der Waals surface area contributed by atoms with Crippen molar-refractivity contribution in [2.45, 2.75) is 25.8 Å². The fourth-order valence-corrected chi connectivity index (χ4v) is 2.84. The van der Waals surface area contributed by atoms with Crippen LogP contribution in [0.3, 0.4) is 0 Å². The van der Waals surface area contributed by atoms with Gasteiger partial charge in [-0.25, -0.2) is 4.98 Å². The molecule has 1 aromatic rings. The lowest BCUT2D eigenvalue weighted by Gasteiger charge is -2.34. The summed E-state index contributed by atoms with van der Waals surface area (Å²) in [6.07, 6.45) is 4.27. The Morgan fingerprint density at radius 1 is 1.59 bits per heavy atom. The number of halogens is 1. The summed E-state index contributed by atoms with van der Waals surface area (Å²) >= 11 is 5.78. The van der Waals surface area contributed by atoms with E-state index in [4.69, 9.17) is 17.3 Å². The molecule has 1 saturated heterocycles. The van der Waals surface area contributed by atoms with E-state index in [9.17, 15) is 4.79 Å². The van der Waals surface area contributed by atoms with Gasteiger partial charge in [0.2, 0.25) is 5.91 Å². The van der Waals surface area contributed by atoms with Crippen LogP contribution in [0.15, 0.2) is 23.3 Å². The molecule has 0 spiro atoms. The molecule has 1 fully saturated rings. The van der Waals surface area contributed by atoms with Crippen molar-refractivity contribution in [2.24, 2.45) is 16.6 Å². The zero-order valence-corrected chi connectivity index (χ0v) is 13.5. The number of guanidine groups is 1. The van der Waals surface area contributed by atoms with Crippen molar-refractivity contribution >= 4 is 23.5 Å². The second kappa shape index (κ2) is 7.98. The highest BCUT2D eigenvalue weighted by atomic mass is 35.5. The monoisotopic (exact) mass is 323 g/mol. The van der Waals surface area contributed by atoms with Gasteiger partial charge >= 0.3 is 0 Å². The number of aromatic nitrogens is 1. The minimum atomic E-state index is -0.234. The van der Waals surface area contributed by atoms with Crippen LogP contribution in [-0.2, 0) is 11.3 Å². The molecule has 0 bridgehead atoms. The van der Waals surface area contributed by atoms with Crippen molar-refractivity contribution in [2.75, 3.05) is 20.1 Å². The average Bonchev–Trinajstić information content (AvgIpc) is 2.49. The summed E-state index contributed by atoms with van der Waals surface area (Å²) < 4.78 is 0. The Hall–Kier alpha value is -1.82. The summed E-state index contributed by atoms with van der Waals surface area (Å²) in [6.45, 7) is 2.38. The Balaban J connectivity index is 1.90. The molecule has 6 nitrogen and oxygen atoms in total. The molecule has 7 heteroatoms. The SMILES string of the molecule is CN=C(NCc1ccc(Cl)nc1)N1CCCC(CC(N)=O)C1. The molecule has 2 rings (SSSR count). The Bertz CT molecular complexity index is 531. The van der Waals surface area contributed by atoms with E-state index in [2.05, 4.69) is 20.2 Å². The van der Waals surface area contributed by atoms with Gasteiger partial charge < -0.3 is 16.0 Å². The van der Waals surface area contributed by atoms with Gasteiger partial charge in [0.1, 0.15) is 5.15 Å². The largest absolute Gasteiger partial charge is 0.370 e. The van der Waals surface area contributed by atoms with E-state index in [1.54, 1.807) is 19.3 Å². The quantitative estimate of drug-likeness (QED) is 0.498. The summed E-state index contributed by atoms with van der Waals surface area (Å²) in [5.74, 6) is 0.910. The normalized spacial score (nSPS) is 19.1. The lowest BCUT2D eigenvalue weighted by Crippen LogP contribution is -2.46. The molecule has 1 unspecified atom stereocenters. The molecule has 0 saturated carbocycles. The minimum absolute atomic E-state index is 0.234. The van der Waals surface area contributed by atoms with Gasteiger partial charge in [0.25, 0.3) is 0 Å². The fourth-order valence-electron chi connectivity index (χ4n) is 2.73. The molecule has 1 amide bonds. The van der Waals surface area contributed by atoms with Crippen LogP contribution in [0.1, 0.15) is 24.8 Å². The number of hydrogen-bond acceptors (Lipinski definition) is 3. The van der Waals surface area contributed by atoms with E-state index in [0.29, 0.717) is 24.0 Å². The van der Waals surface area contributed by atoms with Crippen LogP contribution in [0, 0.1) is 5.92 Å². The number of primary amides is 1. The zero-order chi connectivity index (χ0) is 15.9. The van der Waals surface area contributed by atoms with Crippen LogP contribution in [0.5, 0.6) is 0 Å². The zero-order valence-electron chi connectivity index (χ0n) is 12.8. The van der Waals surface area contributed by atoms with Gasteiger partial charge in [-0.3, -0.25) is 9.79 Å².